The second-order valence-corrected chi connectivity index (χ2v) is 4.14. The average Bonchev–Trinajstić information content (AvgIpc) is 2.36. The van der Waals surface area contributed by atoms with Crippen LogP contribution in [0.25, 0.3) is 0 Å². The topological polar surface area (TPSA) is 75.6 Å². The van der Waals surface area contributed by atoms with Gasteiger partial charge in [-0.05, 0) is 12.1 Å². The molecule has 98 valence electrons. The lowest BCUT2D eigenvalue weighted by atomic mass is 9.95. The number of ether oxygens (including phenoxy) is 1. The molecule has 1 aromatic rings. The van der Waals surface area contributed by atoms with Crippen LogP contribution in [-0.4, -0.2) is 24.1 Å². The molecule has 0 radical (unpaired) electrons. The molecule has 0 aliphatic carbocycles. The van der Waals surface area contributed by atoms with Crippen LogP contribution in [0.3, 0.4) is 0 Å². The third-order valence-electron chi connectivity index (χ3n) is 2.89. The van der Waals surface area contributed by atoms with E-state index in [1.807, 2.05) is 0 Å². The van der Waals surface area contributed by atoms with Gasteiger partial charge in [-0.1, -0.05) is 19.9 Å². The standard InChI is InChI=1S/C13H17NO4/c1-8(9(2)13(16)17)12(15)14-10-5-4-6-11(7-10)18-3/h4-9H,1-3H3,(H,14,15)(H,16,17). The first-order chi connectivity index (χ1) is 8.45. The van der Waals surface area contributed by atoms with Crippen LogP contribution in [0.4, 0.5) is 5.69 Å². The highest BCUT2D eigenvalue weighted by Crippen LogP contribution is 2.19. The van der Waals surface area contributed by atoms with E-state index in [4.69, 9.17) is 9.84 Å². The van der Waals surface area contributed by atoms with Crippen molar-refractivity contribution >= 4 is 17.6 Å². The Labute approximate surface area is 106 Å². The van der Waals surface area contributed by atoms with Crippen molar-refractivity contribution < 1.29 is 19.4 Å². The second-order valence-electron chi connectivity index (χ2n) is 4.14. The normalized spacial score (nSPS) is 13.5. The molecule has 2 N–H and O–H groups in total. The number of amides is 1. The number of carbonyl (C=O) groups is 2. The SMILES string of the molecule is COc1cccc(NC(=O)C(C)C(C)C(=O)O)c1. The van der Waals surface area contributed by atoms with Gasteiger partial charge >= 0.3 is 5.97 Å². The van der Waals surface area contributed by atoms with Crippen molar-refractivity contribution in [3.63, 3.8) is 0 Å². The van der Waals surface area contributed by atoms with Crippen molar-refractivity contribution in [2.24, 2.45) is 11.8 Å². The number of anilines is 1. The van der Waals surface area contributed by atoms with Crippen molar-refractivity contribution in [2.45, 2.75) is 13.8 Å². The lowest BCUT2D eigenvalue weighted by Crippen LogP contribution is -2.29. The van der Waals surface area contributed by atoms with Gasteiger partial charge < -0.3 is 15.2 Å². The Morgan fingerprint density at radius 1 is 1.28 bits per heavy atom. The first-order valence-corrected chi connectivity index (χ1v) is 5.63. The van der Waals surface area contributed by atoms with Crippen molar-refractivity contribution in [1.29, 1.82) is 0 Å². The number of carboxylic acids is 1. The van der Waals surface area contributed by atoms with Crippen LogP contribution >= 0.6 is 0 Å². The summed E-state index contributed by atoms with van der Waals surface area (Å²) in [7, 11) is 1.54. The summed E-state index contributed by atoms with van der Waals surface area (Å²) < 4.78 is 5.04. The fourth-order valence-corrected chi connectivity index (χ4v) is 1.40. The Hall–Kier alpha value is -2.04. The minimum Gasteiger partial charge on any atom is -0.497 e. The maximum atomic E-state index is 11.8. The van der Waals surface area contributed by atoms with Gasteiger partial charge in [0, 0.05) is 17.7 Å². The summed E-state index contributed by atoms with van der Waals surface area (Å²) in [5.41, 5.74) is 0.587. The smallest absolute Gasteiger partial charge is 0.307 e. The number of hydrogen-bond acceptors (Lipinski definition) is 3. The number of carboxylic acid groups (broad SMARTS) is 1. The number of aliphatic carboxylic acids is 1. The summed E-state index contributed by atoms with van der Waals surface area (Å²) in [6.45, 7) is 3.10. The molecule has 0 saturated heterocycles. The van der Waals surface area contributed by atoms with E-state index in [2.05, 4.69) is 5.32 Å². The Morgan fingerprint density at radius 2 is 1.94 bits per heavy atom. The molecule has 0 aliphatic heterocycles. The highest BCUT2D eigenvalue weighted by molar-refractivity contribution is 5.94. The number of carbonyl (C=O) groups excluding carboxylic acids is 1. The predicted octanol–water partition coefficient (Wildman–Crippen LogP) is 1.99. The second kappa shape index (κ2) is 6.05. The number of nitrogens with one attached hydrogen (secondary N) is 1. The van der Waals surface area contributed by atoms with Crippen LogP contribution in [0.15, 0.2) is 24.3 Å². The van der Waals surface area contributed by atoms with E-state index in [0.29, 0.717) is 11.4 Å². The van der Waals surface area contributed by atoms with Crippen molar-refractivity contribution in [3.8, 4) is 5.75 Å². The highest BCUT2D eigenvalue weighted by atomic mass is 16.5. The van der Waals surface area contributed by atoms with Gasteiger partial charge in [-0.2, -0.15) is 0 Å². The summed E-state index contributed by atoms with van der Waals surface area (Å²) in [5, 5.41) is 11.5. The molecule has 0 heterocycles. The van der Waals surface area contributed by atoms with Gasteiger partial charge in [-0.15, -0.1) is 0 Å². The Balaban J connectivity index is 2.72. The van der Waals surface area contributed by atoms with E-state index in [-0.39, 0.29) is 5.91 Å². The quantitative estimate of drug-likeness (QED) is 0.839. The minimum atomic E-state index is -0.983. The molecule has 1 aromatic carbocycles. The molecule has 1 amide bonds. The van der Waals surface area contributed by atoms with Gasteiger partial charge in [0.25, 0.3) is 0 Å². The minimum absolute atomic E-state index is 0.321. The molecule has 0 aliphatic rings. The van der Waals surface area contributed by atoms with Crippen molar-refractivity contribution in [3.05, 3.63) is 24.3 Å². The zero-order chi connectivity index (χ0) is 13.7. The van der Waals surface area contributed by atoms with Crippen LogP contribution in [-0.2, 0) is 9.59 Å². The molecule has 2 unspecified atom stereocenters. The molecule has 0 spiro atoms. The van der Waals surface area contributed by atoms with Gasteiger partial charge in [-0.3, -0.25) is 9.59 Å². The van der Waals surface area contributed by atoms with Crippen LogP contribution in [0.5, 0.6) is 5.75 Å². The lowest BCUT2D eigenvalue weighted by molar-refractivity contribution is -0.145. The van der Waals surface area contributed by atoms with E-state index >= 15 is 0 Å². The van der Waals surface area contributed by atoms with Crippen LogP contribution < -0.4 is 10.1 Å². The molecule has 0 bridgehead atoms. The van der Waals surface area contributed by atoms with Crippen molar-refractivity contribution in [1.82, 2.24) is 0 Å². The van der Waals surface area contributed by atoms with E-state index in [0.717, 1.165) is 0 Å². The van der Waals surface area contributed by atoms with Gasteiger partial charge in [0.1, 0.15) is 5.75 Å². The van der Waals surface area contributed by atoms with Gasteiger partial charge in [-0.25, -0.2) is 0 Å². The van der Waals surface area contributed by atoms with E-state index < -0.39 is 17.8 Å². The van der Waals surface area contributed by atoms with Crippen molar-refractivity contribution in [2.75, 3.05) is 12.4 Å². The summed E-state index contributed by atoms with van der Waals surface area (Å²) in [6, 6.07) is 6.91. The molecule has 18 heavy (non-hydrogen) atoms. The van der Waals surface area contributed by atoms with Gasteiger partial charge in [0.2, 0.25) is 5.91 Å². The fraction of sp³-hybridized carbons (Fsp3) is 0.385. The summed E-state index contributed by atoms with van der Waals surface area (Å²) >= 11 is 0. The van der Waals surface area contributed by atoms with Crippen LogP contribution in [0.1, 0.15) is 13.8 Å². The molecular weight excluding hydrogens is 234 g/mol. The number of benzene rings is 1. The number of rotatable bonds is 5. The number of methoxy groups -OCH3 is 1. The fourth-order valence-electron chi connectivity index (χ4n) is 1.40. The van der Waals surface area contributed by atoms with E-state index in [9.17, 15) is 9.59 Å². The number of hydrogen-bond donors (Lipinski definition) is 2. The molecule has 2 atom stereocenters. The predicted molar refractivity (Wildman–Crippen MR) is 67.6 cm³/mol. The molecular formula is C13H17NO4. The first kappa shape index (κ1) is 14.0. The maximum Gasteiger partial charge on any atom is 0.307 e. The largest absolute Gasteiger partial charge is 0.497 e. The van der Waals surface area contributed by atoms with Crippen LogP contribution in [0.2, 0.25) is 0 Å². The van der Waals surface area contributed by atoms with E-state index in [1.54, 1.807) is 31.2 Å². The molecule has 0 saturated carbocycles. The van der Waals surface area contributed by atoms with E-state index in [1.165, 1.54) is 14.0 Å². The maximum absolute atomic E-state index is 11.8. The zero-order valence-corrected chi connectivity index (χ0v) is 10.6. The Morgan fingerprint density at radius 3 is 2.50 bits per heavy atom. The Bertz CT molecular complexity index is 444. The molecule has 1 rings (SSSR count). The first-order valence-electron chi connectivity index (χ1n) is 5.63. The van der Waals surface area contributed by atoms with Gasteiger partial charge in [0.05, 0.1) is 13.0 Å². The molecule has 0 fully saturated rings. The summed E-state index contributed by atoms with van der Waals surface area (Å²) in [5.74, 6) is -2.00. The monoisotopic (exact) mass is 251 g/mol. The average molecular weight is 251 g/mol. The molecule has 5 heteroatoms. The van der Waals surface area contributed by atoms with Crippen LogP contribution in [0, 0.1) is 11.8 Å². The Kier molecular flexibility index (Phi) is 4.71. The highest BCUT2D eigenvalue weighted by Gasteiger charge is 2.25. The third kappa shape index (κ3) is 3.48. The summed E-state index contributed by atoms with van der Waals surface area (Å²) in [4.78, 5) is 22.6. The summed E-state index contributed by atoms with van der Waals surface area (Å²) in [6.07, 6.45) is 0. The molecule has 0 aromatic heterocycles. The lowest BCUT2D eigenvalue weighted by Gasteiger charge is -2.16. The molecule has 5 nitrogen and oxygen atoms in total. The van der Waals surface area contributed by atoms with Gasteiger partial charge in [0.15, 0.2) is 0 Å². The third-order valence-corrected chi connectivity index (χ3v) is 2.89. The zero-order valence-electron chi connectivity index (χ0n) is 10.6.